The van der Waals surface area contributed by atoms with Gasteiger partial charge in [0.2, 0.25) is 0 Å². The summed E-state index contributed by atoms with van der Waals surface area (Å²) in [4.78, 5) is 23.1. The van der Waals surface area contributed by atoms with Crippen LogP contribution in [-0.4, -0.2) is 23.7 Å². The minimum Gasteiger partial charge on any atom is -0.479 e. The molecule has 0 saturated heterocycles. The molecule has 5 heteroatoms. The molecule has 0 aromatic heterocycles. The summed E-state index contributed by atoms with van der Waals surface area (Å²) < 4.78 is 0. The van der Waals surface area contributed by atoms with Crippen molar-refractivity contribution >= 4 is 12.0 Å². The van der Waals surface area contributed by atoms with Crippen molar-refractivity contribution in [2.75, 3.05) is 6.54 Å². The molecule has 0 unspecified atom stereocenters. The highest BCUT2D eigenvalue weighted by molar-refractivity contribution is 5.83. The number of aliphatic carboxylic acids is 1. The van der Waals surface area contributed by atoms with Gasteiger partial charge in [0.25, 0.3) is 0 Å². The van der Waals surface area contributed by atoms with E-state index >= 15 is 0 Å². The van der Waals surface area contributed by atoms with Crippen LogP contribution in [0, 0.1) is 5.41 Å². The van der Waals surface area contributed by atoms with E-state index in [0.29, 0.717) is 12.1 Å². The molecule has 0 bridgehead atoms. The summed E-state index contributed by atoms with van der Waals surface area (Å²) in [5.41, 5.74) is 0.535. The van der Waals surface area contributed by atoms with Gasteiger partial charge < -0.3 is 15.7 Å². The molecule has 0 aliphatic carbocycles. The highest BCUT2D eigenvalue weighted by atomic mass is 16.4. The van der Waals surface area contributed by atoms with Crippen molar-refractivity contribution in [1.29, 1.82) is 0 Å². The lowest BCUT2D eigenvalue weighted by Crippen LogP contribution is -2.44. The first kappa shape index (κ1) is 16.0. The molecule has 1 rings (SSSR count). The van der Waals surface area contributed by atoms with E-state index in [1.165, 1.54) is 0 Å². The van der Waals surface area contributed by atoms with Gasteiger partial charge in [-0.05, 0) is 17.4 Å². The third-order valence-electron chi connectivity index (χ3n) is 3.34. The Hall–Kier alpha value is -2.04. The fourth-order valence-electron chi connectivity index (χ4n) is 1.56. The standard InChI is InChI=1S/C15H22N2O3/c1-4-15(2,3)10-16-14(20)17-12(13(18)19)11-8-6-5-7-9-11/h5-9,12H,4,10H2,1-3H3,(H,18,19)(H2,16,17,20)/t12-/m1/s1. The predicted octanol–water partition coefficient (Wildman–Crippen LogP) is 2.55. The summed E-state index contributed by atoms with van der Waals surface area (Å²) in [6.07, 6.45) is 0.925. The highest BCUT2D eigenvalue weighted by Gasteiger charge is 2.23. The van der Waals surface area contributed by atoms with Crippen molar-refractivity contribution in [2.24, 2.45) is 5.41 Å². The number of rotatable bonds is 6. The van der Waals surface area contributed by atoms with Gasteiger partial charge in [-0.25, -0.2) is 9.59 Å². The molecule has 0 heterocycles. The van der Waals surface area contributed by atoms with Gasteiger partial charge in [-0.2, -0.15) is 0 Å². The number of hydrogen-bond acceptors (Lipinski definition) is 2. The van der Waals surface area contributed by atoms with Crippen LogP contribution in [0.15, 0.2) is 30.3 Å². The van der Waals surface area contributed by atoms with Crippen LogP contribution in [0.2, 0.25) is 0 Å². The van der Waals surface area contributed by atoms with Crippen molar-refractivity contribution in [2.45, 2.75) is 33.2 Å². The maximum Gasteiger partial charge on any atom is 0.330 e. The zero-order chi connectivity index (χ0) is 15.2. The number of amides is 2. The molecule has 20 heavy (non-hydrogen) atoms. The maximum absolute atomic E-state index is 11.8. The van der Waals surface area contributed by atoms with Gasteiger partial charge in [-0.15, -0.1) is 0 Å². The van der Waals surface area contributed by atoms with Crippen LogP contribution in [-0.2, 0) is 4.79 Å². The molecule has 110 valence electrons. The first-order valence-corrected chi connectivity index (χ1v) is 6.68. The van der Waals surface area contributed by atoms with Crippen LogP contribution >= 0.6 is 0 Å². The zero-order valence-corrected chi connectivity index (χ0v) is 12.1. The van der Waals surface area contributed by atoms with E-state index < -0.39 is 18.0 Å². The number of nitrogens with one attached hydrogen (secondary N) is 2. The van der Waals surface area contributed by atoms with Crippen molar-refractivity contribution in [3.8, 4) is 0 Å². The van der Waals surface area contributed by atoms with Gasteiger partial charge in [0.05, 0.1) is 0 Å². The topological polar surface area (TPSA) is 78.4 Å². The van der Waals surface area contributed by atoms with Crippen LogP contribution in [0.3, 0.4) is 0 Å². The summed E-state index contributed by atoms with van der Waals surface area (Å²) in [5, 5.41) is 14.4. The van der Waals surface area contributed by atoms with Crippen molar-refractivity contribution in [1.82, 2.24) is 10.6 Å². The summed E-state index contributed by atoms with van der Waals surface area (Å²) in [5.74, 6) is -1.08. The SMILES string of the molecule is CCC(C)(C)CNC(=O)N[C@@H](C(=O)O)c1ccccc1. The molecular formula is C15H22N2O3. The lowest BCUT2D eigenvalue weighted by Gasteiger charge is -2.23. The minimum atomic E-state index is -1.08. The van der Waals surface area contributed by atoms with E-state index in [9.17, 15) is 14.7 Å². The van der Waals surface area contributed by atoms with E-state index in [0.717, 1.165) is 6.42 Å². The number of carbonyl (C=O) groups is 2. The maximum atomic E-state index is 11.8. The summed E-state index contributed by atoms with van der Waals surface area (Å²) in [6, 6.07) is 7.12. The lowest BCUT2D eigenvalue weighted by molar-refractivity contribution is -0.139. The van der Waals surface area contributed by atoms with E-state index in [-0.39, 0.29) is 5.41 Å². The molecule has 3 N–H and O–H groups in total. The van der Waals surface area contributed by atoms with Crippen molar-refractivity contribution in [3.63, 3.8) is 0 Å². The second-order valence-corrected chi connectivity index (χ2v) is 5.53. The summed E-state index contributed by atoms with van der Waals surface area (Å²) in [7, 11) is 0. The van der Waals surface area contributed by atoms with Gasteiger partial charge >= 0.3 is 12.0 Å². The van der Waals surface area contributed by atoms with Crippen LogP contribution in [0.1, 0.15) is 38.8 Å². The quantitative estimate of drug-likeness (QED) is 0.748. The van der Waals surface area contributed by atoms with Gasteiger partial charge in [0.15, 0.2) is 6.04 Å². The second-order valence-electron chi connectivity index (χ2n) is 5.53. The van der Waals surface area contributed by atoms with Crippen molar-refractivity contribution < 1.29 is 14.7 Å². The fourth-order valence-corrected chi connectivity index (χ4v) is 1.56. The normalized spacial score (nSPS) is 12.6. The monoisotopic (exact) mass is 278 g/mol. The Morgan fingerprint density at radius 3 is 2.35 bits per heavy atom. The number of carbonyl (C=O) groups excluding carboxylic acids is 1. The van der Waals surface area contributed by atoms with Crippen LogP contribution in [0.4, 0.5) is 4.79 Å². The third kappa shape index (κ3) is 4.91. The molecule has 1 aromatic carbocycles. The first-order valence-electron chi connectivity index (χ1n) is 6.68. The Labute approximate surface area is 119 Å². The molecule has 0 saturated carbocycles. The number of carboxylic acid groups (broad SMARTS) is 1. The fraction of sp³-hybridized carbons (Fsp3) is 0.467. The van der Waals surface area contributed by atoms with E-state index in [1.807, 2.05) is 20.8 Å². The van der Waals surface area contributed by atoms with E-state index in [2.05, 4.69) is 10.6 Å². The molecule has 0 aliphatic heterocycles. The molecule has 0 spiro atoms. The highest BCUT2D eigenvalue weighted by Crippen LogP contribution is 2.18. The van der Waals surface area contributed by atoms with Gasteiger partial charge in [-0.3, -0.25) is 0 Å². The average molecular weight is 278 g/mol. The number of urea groups is 1. The molecule has 1 aromatic rings. The van der Waals surface area contributed by atoms with Gasteiger partial charge in [0.1, 0.15) is 0 Å². The third-order valence-corrected chi connectivity index (χ3v) is 3.34. The number of benzene rings is 1. The zero-order valence-electron chi connectivity index (χ0n) is 12.1. The average Bonchev–Trinajstić information content (AvgIpc) is 2.43. The molecule has 5 nitrogen and oxygen atoms in total. The Balaban J connectivity index is 2.64. The van der Waals surface area contributed by atoms with E-state index in [1.54, 1.807) is 30.3 Å². The van der Waals surface area contributed by atoms with Gasteiger partial charge in [0, 0.05) is 6.54 Å². The smallest absolute Gasteiger partial charge is 0.330 e. The summed E-state index contributed by atoms with van der Waals surface area (Å²) in [6.45, 7) is 6.62. The first-order chi connectivity index (χ1) is 9.35. The number of hydrogen-bond donors (Lipinski definition) is 3. The molecular weight excluding hydrogens is 256 g/mol. The second kappa shape index (κ2) is 6.93. The number of carboxylic acids is 1. The Kier molecular flexibility index (Phi) is 5.55. The lowest BCUT2D eigenvalue weighted by atomic mass is 9.90. The minimum absolute atomic E-state index is 0.0111. The Morgan fingerprint density at radius 1 is 1.25 bits per heavy atom. The molecule has 0 radical (unpaired) electrons. The van der Waals surface area contributed by atoms with Gasteiger partial charge in [-0.1, -0.05) is 51.1 Å². The molecule has 0 aliphatic rings. The Bertz CT molecular complexity index is 457. The summed E-state index contributed by atoms with van der Waals surface area (Å²) >= 11 is 0. The van der Waals surface area contributed by atoms with Crippen LogP contribution in [0.25, 0.3) is 0 Å². The molecule has 0 fully saturated rings. The van der Waals surface area contributed by atoms with E-state index in [4.69, 9.17) is 0 Å². The van der Waals surface area contributed by atoms with Crippen molar-refractivity contribution in [3.05, 3.63) is 35.9 Å². The Morgan fingerprint density at radius 2 is 1.85 bits per heavy atom. The van der Waals surface area contributed by atoms with Crippen LogP contribution < -0.4 is 10.6 Å². The van der Waals surface area contributed by atoms with Crippen LogP contribution in [0.5, 0.6) is 0 Å². The largest absolute Gasteiger partial charge is 0.479 e. The predicted molar refractivity (Wildman–Crippen MR) is 77.4 cm³/mol. The molecule has 1 atom stereocenters. The molecule has 2 amide bonds.